The van der Waals surface area contributed by atoms with E-state index in [9.17, 15) is 9.59 Å². The molecular formula is C21H18O6. The highest BCUT2D eigenvalue weighted by Crippen LogP contribution is 2.68. The molecule has 1 fully saturated rings. The number of carbonyl (C=O) groups excluding carboxylic acids is 2. The maximum atomic E-state index is 12.7. The average molecular weight is 366 g/mol. The van der Waals surface area contributed by atoms with Crippen LogP contribution in [-0.2, 0) is 15.0 Å². The summed E-state index contributed by atoms with van der Waals surface area (Å²) in [6.45, 7) is 2.02. The van der Waals surface area contributed by atoms with Crippen LogP contribution in [0.2, 0.25) is 0 Å². The minimum Gasteiger partial charge on any atom is -0.497 e. The molecule has 4 unspecified atom stereocenters. The minimum absolute atomic E-state index is 0.162. The van der Waals surface area contributed by atoms with Gasteiger partial charge in [-0.15, -0.1) is 0 Å². The van der Waals surface area contributed by atoms with Crippen LogP contribution < -0.4 is 18.9 Å². The zero-order chi connectivity index (χ0) is 18.9. The third-order valence-corrected chi connectivity index (χ3v) is 6.28. The van der Waals surface area contributed by atoms with Crippen molar-refractivity contribution in [2.24, 2.45) is 11.8 Å². The first-order valence-electron chi connectivity index (χ1n) is 8.79. The lowest BCUT2D eigenvalue weighted by atomic mass is 9.42. The number of methoxy groups -OCH3 is 2. The summed E-state index contributed by atoms with van der Waals surface area (Å²) in [7, 11) is 3.13. The van der Waals surface area contributed by atoms with Crippen molar-refractivity contribution in [2.45, 2.75) is 18.3 Å². The monoisotopic (exact) mass is 366 g/mol. The molecule has 6 nitrogen and oxygen atoms in total. The summed E-state index contributed by atoms with van der Waals surface area (Å²) >= 11 is 0. The number of carbonyl (C=O) groups is 2. The third-order valence-electron chi connectivity index (χ3n) is 6.28. The van der Waals surface area contributed by atoms with Gasteiger partial charge in [0.15, 0.2) is 0 Å². The first-order chi connectivity index (χ1) is 13.0. The van der Waals surface area contributed by atoms with Crippen molar-refractivity contribution >= 4 is 11.9 Å². The quantitative estimate of drug-likeness (QED) is 0.601. The summed E-state index contributed by atoms with van der Waals surface area (Å²) in [6, 6.07) is 11.0. The van der Waals surface area contributed by atoms with Crippen molar-refractivity contribution in [3.8, 4) is 23.0 Å². The van der Waals surface area contributed by atoms with Crippen LogP contribution in [0, 0.1) is 11.8 Å². The molecule has 4 atom stereocenters. The number of benzene rings is 2. The Morgan fingerprint density at radius 1 is 0.852 bits per heavy atom. The van der Waals surface area contributed by atoms with Gasteiger partial charge in [-0.1, -0.05) is 19.1 Å². The van der Waals surface area contributed by atoms with Gasteiger partial charge in [-0.05, 0) is 12.1 Å². The smallest absolute Gasteiger partial charge is 0.316 e. The number of ether oxygens (including phenoxy) is 4. The molecule has 138 valence electrons. The summed E-state index contributed by atoms with van der Waals surface area (Å²) < 4.78 is 21.6. The first-order valence-corrected chi connectivity index (χ1v) is 8.79. The SMILES string of the molecule is COc1ccc2c(c1)OC(=O)C1C3C(=O)Oc4cc(OC)ccc4C3(C)C21. The van der Waals surface area contributed by atoms with Gasteiger partial charge >= 0.3 is 11.9 Å². The van der Waals surface area contributed by atoms with Crippen LogP contribution in [0.25, 0.3) is 0 Å². The lowest BCUT2D eigenvalue weighted by Crippen LogP contribution is -2.66. The van der Waals surface area contributed by atoms with Gasteiger partial charge in [0.1, 0.15) is 23.0 Å². The summed E-state index contributed by atoms with van der Waals surface area (Å²) in [5.74, 6) is 0.168. The Morgan fingerprint density at radius 3 is 2.19 bits per heavy atom. The van der Waals surface area contributed by atoms with Gasteiger partial charge in [0.25, 0.3) is 0 Å². The van der Waals surface area contributed by atoms with Gasteiger partial charge in [0.05, 0.1) is 26.1 Å². The van der Waals surface area contributed by atoms with E-state index in [1.54, 1.807) is 26.4 Å². The molecule has 27 heavy (non-hydrogen) atoms. The zero-order valence-electron chi connectivity index (χ0n) is 15.1. The van der Waals surface area contributed by atoms with Crippen molar-refractivity contribution in [3.05, 3.63) is 47.5 Å². The second kappa shape index (κ2) is 5.25. The van der Waals surface area contributed by atoms with Gasteiger partial charge in [0, 0.05) is 34.6 Å². The summed E-state index contributed by atoms with van der Waals surface area (Å²) in [6.07, 6.45) is 0. The summed E-state index contributed by atoms with van der Waals surface area (Å²) in [5, 5.41) is 0. The second-order valence-corrected chi connectivity index (χ2v) is 7.37. The van der Waals surface area contributed by atoms with E-state index in [1.165, 1.54) is 0 Å². The molecule has 2 aromatic carbocycles. The van der Waals surface area contributed by atoms with Crippen molar-refractivity contribution in [1.82, 2.24) is 0 Å². The van der Waals surface area contributed by atoms with Crippen LogP contribution in [-0.4, -0.2) is 26.2 Å². The van der Waals surface area contributed by atoms with Crippen LogP contribution in [0.1, 0.15) is 24.0 Å². The maximum absolute atomic E-state index is 12.7. The highest BCUT2D eigenvalue weighted by atomic mass is 16.5. The lowest BCUT2D eigenvalue weighted by molar-refractivity contribution is -0.173. The average Bonchev–Trinajstić information content (AvgIpc) is 2.65. The summed E-state index contributed by atoms with van der Waals surface area (Å²) in [5.41, 5.74) is 1.27. The van der Waals surface area contributed by atoms with E-state index in [4.69, 9.17) is 18.9 Å². The van der Waals surface area contributed by atoms with E-state index in [1.807, 2.05) is 31.2 Å². The maximum Gasteiger partial charge on any atom is 0.316 e. The van der Waals surface area contributed by atoms with Crippen LogP contribution >= 0.6 is 0 Å². The number of hydrogen-bond donors (Lipinski definition) is 0. The van der Waals surface area contributed by atoms with E-state index in [2.05, 4.69) is 0 Å². The Morgan fingerprint density at radius 2 is 1.48 bits per heavy atom. The molecule has 0 amide bonds. The van der Waals surface area contributed by atoms with E-state index in [-0.39, 0.29) is 5.92 Å². The van der Waals surface area contributed by atoms with Crippen LogP contribution in [0.3, 0.4) is 0 Å². The Kier molecular flexibility index (Phi) is 3.15. The van der Waals surface area contributed by atoms with E-state index >= 15 is 0 Å². The van der Waals surface area contributed by atoms with Crippen molar-refractivity contribution in [2.75, 3.05) is 14.2 Å². The Labute approximate surface area is 156 Å². The molecule has 3 aliphatic rings. The van der Waals surface area contributed by atoms with E-state index < -0.39 is 29.2 Å². The zero-order valence-corrected chi connectivity index (χ0v) is 15.1. The molecule has 2 aliphatic heterocycles. The molecule has 2 heterocycles. The topological polar surface area (TPSA) is 71.1 Å². The molecule has 0 aromatic heterocycles. The molecule has 0 saturated heterocycles. The number of fused-ring (bicyclic) bond motifs is 8. The van der Waals surface area contributed by atoms with Gasteiger partial charge in [-0.3, -0.25) is 9.59 Å². The molecule has 0 radical (unpaired) electrons. The van der Waals surface area contributed by atoms with Crippen molar-refractivity contribution < 1.29 is 28.5 Å². The van der Waals surface area contributed by atoms with Crippen LogP contribution in [0.4, 0.5) is 0 Å². The Balaban J connectivity index is 1.70. The first kappa shape index (κ1) is 16.2. The minimum atomic E-state index is -0.564. The fourth-order valence-electron chi connectivity index (χ4n) is 5.02. The molecule has 5 rings (SSSR count). The predicted molar refractivity (Wildman–Crippen MR) is 94.3 cm³/mol. The Hall–Kier alpha value is -3.02. The highest BCUT2D eigenvalue weighted by Gasteiger charge is 2.71. The van der Waals surface area contributed by atoms with Gasteiger partial charge in [-0.2, -0.15) is 0 Å². The third kappa shape index (κ3) is 1.90. The molecule has 0 N–H and O–H groups in total. The van der Waals surface area contributed by atoms with Gasteiger partial charge in [-0.25, -0.2) is 0 Å². The molecule has 6 heteroatoms. The molecular weight excluding hydrogens is 348 g/mol. The predicted octanol–water partition coefficient (Wildman–Crippen LogP) is 2.83. The number of rotatable bonds is 2. The fourth-order valence-corrected chi connectivity index (χ4v) is 5.02. The largest absolute Gasteiger partial charge is 0.497 e. The highest BCUT2D eigenvalue weighted by molar-refractivity contribution is 5.93. The van der Waals surface area contributed by atoms with Gasteiger partial charge in [0.2, 0.25) is 0 Å². The summed E-state index contributed by atoms with van der Waals surface area (Å²) in [4.78, 5) is 25.4. The molecule has 1 saturated carbocycles. The molecule has 0 spiro atoms. The number of hydrogen-bond acceptors (Lipinski definition) is 6. The standard InChI is InChI=1S/C21H18O6/c1-21-13-7-5-11(25-3)9-15(13)27-20(23)18(21)16-17(21)12-6-4-10(24-2)8-14(12)26-19(16)22/h4-9,16-18H,1-3H3. The van der Waals surface area contributed by atoms with E-state index in [0.29, 0.717) is 23.0 Å². The fraction of sp³-hybridized carbons (Fsp3) is 0.333. The van der Waals surface area contributed by atoms with Crippen LogP contribution in [0.5, 0.6) is 23.0 Å². The molecule has 1 aliphatic carbocycles. The number of esters is 2. The Bertz CT molecular complexity index is 996. The van der Waals surface area contributed by atoms with Crippen molar-refractivity contribution in [1.29, 1.82) is 0 Å². The molecule has 0 bridgehead atoms. The normalized spacial score (nSPS) is 29.8. The van der Waals surface area contributed by atoms with Gasteiger partial charge < -0.3 is 18.9 Å². The van der Waals surface area contributed by atoms with E-state index in [0.717, 1.165) is 11.1 Å². The van der Waals surface area contributed by atoms with Crippen LogP contribution in [0.15, 0.2) is 36.4 Å². The second-order valence-electron chi connectivity index (χ2n) is 7.37. The lowest BCUT2D eigenvalue weighted by Gasteiger charge is -2.60. The molecule has 2 aromatic rings. The van der Waals surface area contributed by atoms with Crippen molar-refractivity contribution in [3.63, 3.8) is 0 Å².